The standard InChI is InChI=1S/C20H12BrFN6O/c21-12-5-6-16(23-8-12)17-7-13(29-27-17)10-28-11-19-18(9-24-28)25-20(26-19)14-3-1-2-4-15(14)22/h1-9,11H,10H2/p+1. The minimum Gasteiger partial charge on any atom is -0.354 e. The highest BCUT2D eigenvalue weighted by Crippen LogP contribution is 2.22. The van der Waals surface area contributed by atoms with Gasteiger partial charge in [0.1, 0.15) is 34.6 Å². The number of hydrogen-bond acceptors (Lipinski definition) is 5. The van der Waals surface area contributed by atoms with Gasteiger partial charge in [-0.3, -0.25) is 4.98 Å². The topological polar surface area (TPSA) is 84.4 Å². The maximum atomic E-state index is 14.0. The maximum absolute atomic E-state index is 14.0. The van der Waals surface area contributed by atoms with Gasteiger partial charge >= 0.3 is 0 Å². The van der Waals surface area contributed by atoms with Crippen molar-refractivity contribution in [1.82, 2.24) is 25.2 Å². The number of H-pyrrole nitrogens is 1. The molecular formula is C20H13BrFN6O+. The molecule has 5 aromatic rings. The smallest absolute Gasteiger partial charge is 0.234 e. The van der Waals surface area contributed by atoms with Crippen LogP contribution >= 0.6 is 15.9 Å². The van der Waals surface area contributed by atoms with E-state index in [2.05, 4.69) is 41.1 Å². The summed E-state index contributed by atoms with van der Waals surface area (Å²) in [6.45, 7) is 0.382. The molecule has 1 aromatic carbocycles. The van der Waals surface area contributed by atoms with Crippen molar-refractivity contribution in [3.63, 3.8) is 0 Å². The average Bonchev–Trinajstić information content (AvgIpc) is 3.35. The van der Waals surface area contributed by atoms with Gasteiger partial charge in [-0.25, -0.2) is 9.37 Å². The summed E-state index contributed by atoms with van der Waals surface area (Å²) in [5.74, 6) is 0.763. The normalized spacial score (nSPS) is 11.2. The first-order valence-electron chi connectivity index (χ1n) is 8.73. The van der Waals surface area contributed by atoms with Crippen LogP contribution in [0.3, 0.4) is 0 Å². The Hall–Kier alpha value is -3.46. The molecule has 4 heterocycles. The fourth-order valence-electron chi connectivity index (χ4n) is 2.97. The highest BCUT2D eigenvalue weighted by Gasteiger charge is 2.16. The number of pyridine rings is 1. The van der Waals surface area contributed by atoms with Crippen molar-refractivity contribution in [3.8, 4) is 22.8 Å². The van der Waals surface area contributed by atoms with Crippen LogP contribution in [0.5, 0.6) is 0 Å². The Kier molecular flexibility index (Phi) is 4.36. The lowest BCUT2D eigenvalue weighted by Gasteiger charge is -1.96. The zero-order valence-electron chi connectivity index (χ0n) is 14.9. The van der Waals surface area contributed by atoms with Gasteiger partial charge in [0, 0.05) is 16.7 Å². The SMILES string of the molecule is Fc1ccccc1-c1nc2cn[n+](Cc3cc(-c4ccc(Br)cn4)no3)cc2[nH]1. The number of imidazole rings is 1. The lowest BCUT2D eigenvalue weighted by molar-refractivity contribution is -0.746. The summed E-state index contributed by atoms with van der Waals surface area (Å²) in [6.07, 6.45) is 5.13. The van der Waals surface area contributed by atoms with Crippen LogP contribution < -0.4 is 4.68 Å². The van der Waals surface area contributed by atoms with E-state index in [1.54, 1.807) is 41.5 Å². The van der Waals surface area contributed by atoms with Crippen LogP contribution in [0.2, 0.25) is 0 Å². The molecule has 0 aliphatic carbocycles. The number of halogens is 2. The fourth-order valence-corrected chi connectivity index (χ4v) is 3.21. The van der Waals surface area contributed by atoms with Gasteiger partial charge in [-0.15, -0.1) is 0 Å². The molecule has 0 aliphatic rings. The van der Waals surface area contributed by atoms with Crippen LogP contribution in [0.25, 0.3) is 33.8 Å². The summed E-state index contributed by atoms with van der Waals surface area (Å²) in [7, 11) is 0. The molecule has 0 fully saturated rings. The summed E-state index contributed by atoms with van der Waals surface area (Å²) < 4.78 is 22.0. The van der Waals surface area contributed by atoms with Gasteiger partial charge in [0.25, 0.3) is 0 Å². The second-order valence-corrected chi connectivity index (χ2v) is 7.29. The van der Waals surface area contributed by atoms with E-state index in [4.69, 9.17) is 4.52 Å². The van der Waals surface area contributed by atoms with Crippen molar-refractivity contribution in [2.45, 2.75) is 6.54 Å². The molecule has 0 aliphatic heterocycles. The van der Waals surface area contributed by atoms with Crippen LogP contribution in [0.15, 0.2) is 70.1 Å². The van der Waals surface area contributed by atoms with Crippen molar-refractivity contribution in [2.24, 2.45) is 0 Å². The zero-order chi connectivity index (χ0) is 19.8. The number of nitrogens with zero attached hydrogens (tertiary/aromatic N) is 5. The average molecular weight is 452 g/mol. The minimum atomic E-state index is -0.330. The Morgan fingerprint density at radius 1 is 1.10 bits per heavy atom. The first kappa shape index (κ1) is 17.6. The van der Waals surface area contributed by atoms with Crippen LogP contribution in [-0.2, 0) is 6.54 Å². The van der Waals surface area contributed by atoms with Gasteiger partial charge in [0.15, 0.2) is 0 Å². The van der Waals surface area contributed by atoms with E-state index in [0.717, 1.165) is 15.7 Å². The number of benzene rings is 1. The van der Waals surface area contributed by atoms with Crippen LogP contribution in [0.1, 0.15) is 5.76 Å². The third kappa shape index (κ3) is 3.52. The predicted octanol–water partition coefficient (Wildman–Crippen LogP) is 3.91. The Labute approximate surface area is 172 Å². The first-order valence-corrected chi connectivity index (χ1v) is 9.53. The maximum Gasteiger partial charge on any atom is 0.234 e. The number of aromatic nitrogens is 6. The Balaban J connectivity index is 1.41. The lowest BCUT2D eigenvalue weighted by atomic mass is 10.2. The molecule has 29 heavy (non-hydrogen) atoms. The van der Waals surface area contributed by atoms with Gasteiger partial charge in [-0.2, -0.15) is 0 Å². The van der Waals surface area contributed by atoms with Crippen molar-refractivity contribution >= 4 is 27.0 Å². The summed E-state index contributed by atoms with van der Waals surface area (Å²) in [5, 5.41) is 8.43. The summed E-state index contributed by atoms with van der Waals surface area (Å²) in [5.41, 5.74) is 3.18. The number of aromatic amines is 1. The van der Waals surface area contributed by atoms with E-state index in [9.17, 15) is 4.39 Å². The Bertz CT molecular complexity index is 1310. The summed E-state index contributed by atoms with van der Waals surface area (Å²) >= 11 is 3.36. The third-order valence-electron chi connectivity index (χ3n) is 4.36. The van der Waals surface area contributed by atoms with Gasteiger partial charge in [0.05, 0.1) is 11.3 Å². The Morgan fingerprint density at radius 2 is 2.00 bits per heavy atom. The molecule has 7 nitrogen and oxygen atoms in total. The zero-order valence-corrected chi connectivity index (χ0v) is 16.5. The van der Waals surface area contributed by atoms with Crippen LogP contribution in [0.4, 0.5) is 4.39 Å². The highest BCUT2D eigenvalue weighted by molar-refractivity contribution is 9.10. The molecule has 9 heteroatoms. The molecule has 0 radical (unpaired) electrons. The van der Waals surface area contributed by atoms with E-state index in [0.29, 0.717) is 34.9 Å². The molecule has 0 saturated heterocycles. The van der Waals surface area contributed by atoms with E-state index >= 15 is 0 Å². The number of nitrogens with one attached hydrogen (secondary N) is 1. The molecule has 0 unspecified atom stereocenters. The van der Waals surface area contributed by atoms with E-state index in [1.165, 1.54) is 6.07 Å². The van der Waals surface area contributed by atoms with Gasteiger partial charge in [-0.05, 0) is 45.3 Å². The fraction of sp³-hybridized carbons (Fsp3) is 0.0500. The summed E-state index contributed by atoms with van der Waals surface area (Å²) in [4.78, 5) is 11.9. The van der Waals surface area contributed by atoms with E-state index in [-0.39, 0.29) is 5.82 Å². The highest BCUT2D eigenvalue weighted by atomic mass is 79.9. The number of rotatable bonds is 4. The molecule has 0 amide bonds. The molecule has 0 atom stereocenters. The second kappa shape index (κ2) is 7.17. The first-order chi connectivity index (χ1) is 14.2. The predicted molar refractivity (Wildman–Crippen MR) is 106 cm³/mol. The summed E-state index contributed by atoms with van der Waals surface area (Å²) in [6, 6.07) is 12.1. The van der Waals surface area contributed by atoms with E-state index < -0.39 is 0 Å². The molecule has 4 aromatic heterocycles. The molecular weight excluding hydrogens is 439 g/mol. The largest absolute Gasteiger partial charge is 0.354 e. The van der Waals surface area contributed by atoms with Gasteiger partial charge in [-0.1, -0.05) is 22.0 Å². The van der Waals surface area contributed by atoms with Gasteiger partial charge in [0.2, 0.25) is 18.5 Å². The lowest BCUT2D eigenvalue weighted by Crippen LogP contribution is -2.37. The molecule has 0 bridgehead atoms. The van der Waals surface area contributed by atoms with Crippen LogP contribution in [-0.4, -0.2) is 25.2 Å². The van der Waals surface area contributed by atoms with Crippen molar-refractivity contribution in [3.05, 3.63) is 77.1 Å². The third-order valence-corrected chi connectivity index (χ3v) is 4.83. The number of fused-ring (bicyclic) bond motifs is 1. The molecule has 5 rings (SSSR count). The van der Waals surface area contributed by atoms with Crippen molar-refractivity contribution < 1.29 is 13.6 Å². The molecule has 0 spiro atoms. The quantitative estimate of drug-likeness (QED) is 0.418. The molecule has 0 saturated carbocycles. The minimum absolute atomic E-state index is 0.330. The second-order valence-electron chi connectivity index (χ2n) is 6.38. The number of hydrogen-bond donors (Lipinski definition) is 1. The monoisotopic (exact) mass is 451 g/mol. The van der Waals surface area contributed by atoms with Crippen molar-refractivity contribution in [1.29, 1.82) is 0 Å². The molecule has 142 valence electrons. The van der Waals surface area contributed by atoms with Gasteiger partial charge < -0.3 is 9.51 Å². The van der Waals surface area contributed by atoms with Crippen LogP contribution in [0, 0.1) is 5.82 Å². The molecule has 1 N–H and O–H groups in total. The Morgan fingerprint density at radius 3 is 2.83 bits per heavy atom. The van der Waals surface area contributed by atoms with Crippen molar-refractivity contribution in [2.75, 3.05) is 0 Å². The van der Waals surface area contributed by atoms with E-state index in [1.807, 2.05) is 18.2 Å².